The number of para-hydroxylation sites is 1. The Morgan fingerprint density at radius 1 is 1.05 bits per heavy atom. The van der Waals surface area contributed by atoms with Crippen molar-refractivity contribution in [1.82, 2.24) is 4.98 Å². The lowest BCUT2D eigenvalue weighted by molar-refractivity contribution is 0.765. The molecule has 0 radical (unpaired) electrons. The summed E-state index contributed by atoms with van der Waals surface area (Å²) in [6, 6.07) is 12.1. The number of hydrogen-bond acceptors (Lipinski definition) is 3. The second-order valence-electron chi connectivity index (χ2n) is 5.09. The van der Waals surface area contributed by atoms with E-state index in [1.165, 1.54) is 11.3 Å². The molecular weight excluding hydrogens is 323 g/mol. The van der Waals surface area contributed by atoms with Crippen LogP contribution in [0.15, 0.2) is 36.4 Å². The molecule has 1 aromatic heterocycles. The van der Waals surface area contributed by atoms with Gasteiger partial charge in [0.25, 0.3) is 0 Å². The average Bonchev–Trinajstić information content (AvgIpc) is 2.97. The number of aryl methyl sites for hydroxylation is 1. The molecule has 0 bridgehead atoms. The van der Waals surface area contributed by atoms with E-state index in [0.29, 0.717) is 10.0 Å². The van der Waals surface area contributed by atoms with Crippen molar-refractivity contribution in [2.75, 3.05) is 11.4 Å². The number of anilines is 2. The van der Waals surface area contributed by atoms with Crippen LogP contribution in [0.25, 0.3) is 10.2 Å². The number of nitrogens with zero attached hydrogens (tertiary/aromatic N) is 2. The molecule has 2 aromatic carbocycles. The fraction of sp³-hybridized carbons (Fsp3) is 0.188. The van der Waals surface area contributed by atoms with Crippen molar-refractivity contribution in [3.63, 3.8) is 0 Å². The molecule has 0 amide bonds. The van der Waals surface area contributed by atoms with Crippen molar-refractivity contribution in [1.29, 1.82) is 0 Å². The van der Waals surface area contributed by atoms with Gasteiger partial charge >= 0.3 is 0 Å². The highest BCUT2D eigenvalue weighted by Gasteiger charge is 2.21. The summed E-state index contributed by atoms with van der Waals surface area (Å²) in [4.78, 5) is 7.00. The average molecular weight is 335 g/mol. The van der Waals surface area contributed by atoms with Gasteiger partial charge < -0.3 is 4.90 Å². The topological polar surface area (TPSA) is 16.1 Å². The lowest BCUT2D eigenvalue weighted by Crippen LogP contribution is -2.24. The number of benzene rings is 2. The minimum atomic E-state index is 0.655. The Hall–Kier alpha value is -1.29. The fourth-order valence-corrected chi connectivity index (χ4v) is 4.34. The predicted octanol–water partition coefficient (Wildman–Crippen LogP) is 5.69. The maximum Gasteiger partial charge on any atom is 0.191 e. The molecule has 0 atom stereocenters. The Bertz CT molecular complexity index is 789. The fourth-order valence-electron chi connectivity index (χ4n) is 2.78. The quantitative estimate of drug-likeness (QED) is 0.568. The normalized spacial score (nSPS) is 14.5. The molecule has 0 saturated heterocycles. The summed E-state index contributed by atoms with van der Waals surface area (Å²) < 4.78 is 0.960. The molecule has 0 aliphatic carbocycles. The second kappa shape index (κ2) is 5.16. The molecule has 1 aliphatic heterocycles. The highest BCUT2D eigenvalue weighted by Crippen LogP contribution is 2.41. The van der Waals surface area contributed by atoms with E-state index in [9.17, 15) is 0 Å². The molecule has 1 aliphatic rings. The second-order valence-corrected chi connectivity index (χ2v) is 6.88. The van der Waals surface area contributed by atoms with E-state index in [2.05, 4.69) is 29.2 Å². The van der Waals surface area contributed by atoms with E-state index < -0.39 is 0 Å². The standard InChI is InChI=1S/C16H12Cl2N2S/c17-11-7-8-12(18)15-14(11)19-16(21-15)20-9-3-5-10-4-1-2-6-13(10)20/h1-2,4,6-8H,3,5,9H2. The van der Waals surface area contributed by atoms with Gasteiger partial charge in [0.1, 0.15) is 5.52 Å². The van der Waals surface area contributed by atoms with Crippen molar-refractivity contribution in [3.8, 4) is 0 Å². The SMILES string of the molecule is Clc1ccc(Cl)c2sc(N3CCCc4ccccc43)nc12. The number of halogens is 2. The van der Waals surface area contributed by atoms with Crippen LogP contribution in [-0.4, -0.2) is 11.5 Å². The molecule has 0 fully saturated rings. The van der Waals surface area contributed by atoms with Gasteiger partial charge in [-0.25, -0.2) is 4.98 Å². The van der Waals surface area contributed by atoms with Crippen molar-refractivity contribution in [3.05, 3.63) is 52.0 Å². The Morgan fingerprint density at radius 2 is 1.86 bits per heavy atom. The molecule has 5 heteroatoms. The zero-order chi connectivity index (χ0) is 14.4. The number of thiazole rings is 1. The van der Waals surface area contributed by atoms with E-state index >= 15 is 0 Å². The minimum Gasteiger partial charge on any atom is -0.318 e. The number of rotatable bonds is 1. The molecule has 2 nitrogen and oxygen atoms in total. The third-order valence-corrected chi connectivity index (χ3v) is 5.62. The van der Waals surface area contributed by atoms with E-state index in [4.69, 9.17) is 28.2 Å². The van der Waals surface area contributed by atoms with Crippen LogP contribution in [0.1, 0.15) is 12.0 Å². The van der Waals surface area contributed by atoms with Crippen molar-refractivity contribution in [2.45, 2.75) is 12.8 Å². The summed E-state index contributed by atoms with van der Waals surface area (Å²) in [7, 11) is 0. The largest absolute Gasteiger partial charge is 0.318 e. The van der Waals surface area contributed by atoms with Gasteiger partial charge in [0.2, 0.25) is 0 Å². The summed E-state index contributed by atoms with van der Waals surface area (Å²) in [6.07, 6.45) is 2.26. The molecule has 0 saturated carbocycles. The summed E-state index contributed by atoms with van der Waals surface area (Å²) >= 11 is 14.1. The number of aromatic nitrogens is 1. The lowest BCUT2D eigenvalue weighted by Gasteiger charge is -2.28. The molecule has 0 spiro atoms. The Balaban J connectivity index is 1.88. The molecule has 4 rings (SSSR count). The van der Waals surface area contributed by atoms with Gasteiger partial charge in [0.05, 0.1) is 14.7 Å². The molecule has 3 aromatic rings. The van der Waals surface area contributed by atoms with Crippen LogP contribution >= 0.6 is 34.5 Å². The van der Waals surface area contributed by atoms with Gasteiger partial charge in [-0.15, -0.1) is 0 Å². The predicted molar refractivity (Wildman–Crippen MR) is 91.4 cm³/mol. The van der Waals surface area contributed by atoms with Gasteiger partial charge in [-0.2, -0.15) is 0 Å². The summed E-state index contributed by atoms with van der Waals surface area (Å²) in [5.74, 6) is 0. The highest BCUT2D eigenvalue weighted by atomic mass is 35.5. The zero-order valence-electron chi connectivity index (χ0n) is 11.1. The summed E-state index contributed by atoms with van der Waals surface area (Å²) in [6.45, 7) is 0.978. The first-order valence-electron chi connectivity index (χ1n) is 6.84. The lowest BCUT2D eigenvalue weighted by atomic mass is 10.0. The molecule has 2 heterocycles. The Labute approximate surface area is 136 Å². The first kappa shape index (κ1) is 13.4. The van der Waals surface area contributed by atoms with Crippen LogP contribution in [0.3, 0.4) is 0 Å². The van der Waals surface area contributed by atoms with Gasteiger partial charge in [0.15, 0.2) is 5.13 Å². The van der Waals surface area contributed by atoms with E-state index in [1.807, 2.05) is 6.07 Å². The van der Waals surface area contributed by atoms with Crippen LogP contribution in [-0.2, 0) is 6.42 Å². The maximum atomic E-state index is 6.27. The summed E-state index contributed by atoms with van der Waals surface area (Å²) in [5, 5.41) is 2.33. The number of hydrogen-bond donors (Lipinski definition) is 0. The van der Waals surface area contributed by atoms with Gasteiger partial charge in [0, 0.05) is 12.2 Å². The van der Waals surface area contributed by atoms with E-state index in [-0.39, 0.29) is 0 Å². The van der Waals surface area contributed by atoms with Crippen LogP contribution in [0, 0.1) is 0 Å². The van der Waals surface area contributed by atoms with Crippen LogP contribution in [0.5, 0.6) is 0 Å². The Kier molecular flexibility index (Phi) is 3.29. The highest BCUT2D eigenvalue weighted by molar-refractivity contribution is 7.23. The molecule has 0 N–H and O–H groups in total. The van der Waals surface area contributed by atoms with Gasteiger partial charge in [-0.1, -0.05) is 52.7 Å². The third kappa shape index (κ3) is 2.20. The summed E-state index contributed by atoms with van der Waals surface area (Å²) in [5.41, 5.74) is 3.42. The third-order valence-electron chi connectivity index (χ3n) is 3.78. The maximum absolute atomic E-state index is 6.27. The first-order valence-corrected chi connectivity index (χ1v) is 8.41. The monoisotopic (exact) mass is 334 g/mol. The Morgan fingerprint density at radius 3 is 2.71 bits per heavy atom. The minimum absolute atomic E-state index is 0.655. The molecule has 21 heavy (non-hydrogen) atoms. The zero-order valence-corrected chi connectivity index (χ0v) is 13.5. The van der Waals surface area contributed by atoms with Crippen molar-refractivity contribution < 1.29 is 0 Å². The van der Waals surface area contributed by atoms with Crippen LogP contribution in [0.4, 0.5) is 10.8 Å². The van der Waals surface area contributed by atoms with Crippen LogP contribution in [0.2, 0.25) is 10.0 Å². The van der Waals surface area contributed by atoms with E-state index in [1.54, 1.807) is 17.4 Å². The number of fused-ring (bicyclic) bond motifs is 2. The molecule has 106 valence electrons. The van der Waals surface area contributed by atoms with Crippen LogP contribution < -0.4 is 4.90 Å². The van der Waals surface area contributed by atoms with Gasteiger partial charge in [-0.05, 0) is 36.6 Å². The van der Waals surface area contributed by atoms with Crippen molar-refractivity contribution >= 4 is 55.6 Å². The smallest absolute Gasteiger partial charge is 0.191 e. The van der Waals surface area contributed by atoms with E-state index in [0.717, 1.165) is 34.7 Å². The van der Waals surface area contributed by atoms with Crippen molar-refractivity contribution in [2.24, 2.45) is 0 Å². The molecular formula is C16H12Cl2N2S. The first-order chi connectivity index (χ1) is 10.2. The van der Waals surface area contributed by atoms with Gasteiger partial charge in [-0.3, -0.25) is 0 Å². The molecule has 0 unspecified atom stereocenters.